The van der Waals surface area contributed by atoms with Crippen molar-refractivity contribution >= 4 is 18.0 Å². The van der Waals surface area contributed by atoms with E-state index in [1.807, 2.05) is 58.0 Å². The van der Waals surface area contributed by atoms with Gasteiger partial charge in [-0.3, -0.25) is 9.69 Å². The lowest BCUT2D eigenvalue weighted by molar-refractivity contribution is -0.151. The molecule has 0 bridgehead atoms. The molecule has 6 nitrogen and oxygen atoms in total. The first kappa shape index (κ1) is 23.7. The number of benzene rings is 1. The Morgan fingerprint density at radius 1 is 1.00 bits per heavy atom. The van der Waals surface area contributed by atoms with Crippen LogP contribution in [-0.2, 0) is 25.5 Å². The van der Waals surface area contributed by atoms with Crippen molar-refractivity contribution in [2.45, 2.75) is 59.4 Å². The van der Waals surface area contributed by atoms with E-state index in [0.717, 1.165) is 10.5 Å². The van der Waals surface area contributed by atoms with Crippen LogP contribution in [0.5, 0.6) is 0 Å². The number of hydrogen-bond acceptors (Lipinski definition) is 5. The van der Waals surface area contributed by atoms with Gasteiger partial charge in [-0.2, -0.15) is 0 Å². The van der Waals surface area contributed by atoms with E-state index >= 15 is 0 Å². The highest BCUT2D eigenvalue weighted by atomic mass is 16.6. The molecule has 0 aliphatic heterocycles. The van der Waals surface area contributed by atoms with Crippen LogP contribution < -0.4 is 0 Å². The number of ether oxygens (including phenoxy) is 2. The van der Waals surface area contributed by atoms with Crippen molar-refractivity contribution in [1.82, 2.24) is 4.90 Å². The number of hydrogen-bond donors (Lipinski definition) is 0. The van der Waals surface area contributed by atoms with Gasteiger partial charge in [0.05, 0.1) is 6.61 Å². The molecule has 1 unspecified atom stereocenters. The minimum absolute atomic E-state index is 0.165. The van der Waals surface area contributed by atoms with Crippen LogP contribution in [0.3, 0.4) is 0 Å². The van der Waals surface area contributed by atoms with Crippen molar-refractivity contribution in [2.75, 3.05) is 13.7 Å². The highest BCUT2D eigenvalue weighted by Crippen LogP contribution is 2.14. The molecule has 1 aromatic carbocycles. The highest BCUT2D eigenvalue weighted by Gasteiger charge is 2.31. The van der Waals surface area contributed by atoms with Gasteiger partial charge in [0.25, 0.3) is 0 Å². The van der Waals surface area contributed by atoms with E-state index in [2.05, 4.69) is 0 Å². The smallest absolute Gasteiger partial charge is 0.418 e. The van der Waals surface area contributed by atoms with Crippen molar-refractivity contribution in [3.63, 3.8) is 0 Å². The van der Waals surface area contributed by atoms with Crippen LogP contribution >= 0.6 is 0 Å². The Morgan fingerprint density at radius 3 is 2.21 bits per heavy atom. The second-order valence-electron chi connectivity index (χ2n) is 7.83. The third kappa shape index (κ3) is 9.02. The van der Waals surface area contributed by atoms with Crippen LogP contribution in [0.1, 0.15) is 52.5 Å². The summed E-state index contributed by atoms with van der Waals surface area (Å²) in [5.74, 6) is -0.558. The Bertz CT molecular complexity index is 627. The van der Waals surface area contributed by atoms with E-state index < -0.39 is 24.1 Å². The maximum Gasteiger partial charge on any atom is 0.418 e. The molecule has 0 aliphatic carbocycles. The Balaban J connectivity index is 2.62. The van der Waals surface area contributed by atoms with Gasteiger partial charge < -0.3 is 9.47 Å². The van der Waals surface area contributed by atoms with Crippen LogP contribution in [0.15, 0.2) is 30.3 Å². The lowest BCUT2D eigenvalue weighted by Gasteiger charge is -2.26. The Labute approximate surface area is 168 Å². The van der Waals surface area contributed by atoms with E-state index in [4.69, 9.17) is 9.47 Å². The van der Waals surface area contributed by atoms with Gasteiger partial charge in [-0.1, -0.05) is 58.0 Å². The zero-order valence-corrected chi connectivity index (χ0v) is 17.6. The predicted octanol–water partition coefficient (Wildman–Crippen LogP) is 4.22. The van der Waals surface area contributed by atoms with Crippen molar-refractivity contribution in [3.8, 4) is 0 Å². The fourth-order valence-corrected chi connectivity index (χ4v) is 2.62. The van der Waals surface area contributed by atoms with Gasteiger partial charge in [-0.25, -0.2) is 9.59 Å². The molecule has 0 radical (unpaired) electrons. The van der Waals surface area contributed by atoms with Crippen molar-refractivity contribution in [3.05, 3.63) is 35.9 Å². The summed E-state index contributed by atoms with van der Waals surface area (Å²) in [5, 5.41) is 0. The van der Waals surface area contributed by atoms with Gasteiger partial charge in [-0.05, 0) is 30.2 Å². The first-order valence-electron chi connectivity index (χ1n) is 9.88. The van der Waals surface area contributed by atoms with Gasteiger partial charge in [0, 0.05) is 19.9 Å². The van der Waals surface area contributed by atoms with E-state index in [-0.39, 0.29) is 18.9 Å². The first-order chi connectivity index (χ1) is 13.2. The molecule has 0 aliphatic rings. The number of carbonyl (C=O) groups excluding carboxylic acids is 3. The molecule has 0 aromatic heterocycles. The average Bonchev–Trinajstić information content (AvgIpc) is 2.64. The monoisotopic (exact) mass is 391 g/mol. The maximum atomic E-state index is 12.6. The molecular weight excluding hydrogens is 358 g/mol. The molecule has 28 heavy (non-hydrogen) atoms. The zero-order chi connectivity index (χ0) is 21.1. The Hall–Kier alpha value is -2.37. The fourth-order valence-electron chi connectivity index (χ4n) is 2.62. The van der Waals surface area contributed by atoms with Gasteiger partial charge in [0.1, 0.15) is 6.04 Å². The van der Waals surface area contributed by atoms with Crippen molar-refractivity contribution < 1.29 is 23.9 Å². The normalized spacial score (nSPS) is 12.0. The molecule has 0 N–H and O–H groups in total. The molecule has 0 saturated carbocycles. The summed E-state index contributed by atoms with van der Waals surface area (Å²) in [6, 6.07) is 8.92. The van der Waals surface area contributed by atoms with E-state index in [0.29, 0.717) is 25.2 Å². The van der Waals surface area contributed by atoms with Gasteiger partial charge in [0.15, 0.2) is 0 Å². The molecule has 1 amide bonds. The molecule has 156 valence electrons. The standard InChI is InChI=1S/C22H33NO5/c1-16(2)11-12-20(24)28-22(26)23(5)19(15-17(3)4)21(25)27-14-13-18-9-7-6-8-10-18/h6-10,16-17,19H,11-15H2,1-5H3. The largest absolute Gasteiger partial charge is 0.464 e. The van der Waals surface area contributed by atoms with Gasteiger partial charge in [-0.15, -0.1) is 0 Å². The fraction of sp³-hybridized carbons (Fsp3) is 0.591. The molecule has 0 saturated heterocycles. The molecule has 0 fully saturated rings. The molecule has 0 heterocycles. The number of likely N-dealkylation sites (N-methyl/N-ethyl adjacent to an activating group) is 1. The zero-order valence-electron chi connectivity index (χ0n) is 17.6. The van der Waals surface area contributed by atoms with E-state index in [1.54, 1.807) is 0 Å². The quantitative estimate of drug-likeness (QED) is 0.441. The minimum atomic E-state index is -0.820. The second kappa shape index (κ2) is 12.2. The SMILES string of the molecule is CC(C)CCC(=O)OC(=O)N(C)C(CC(C)C)C(=O)OCCc1ccccc1. The summed E-state index contributed by atoms with van der Waals surface area (Å²) in [5.41, 5.74) is 1.07. The Morgan fingerprint density at radius 2 is 1.64 bits per heavy atom. The molecule has 0 spiro atoms. The molecule has 1 atom stereocenters. The minimum Gasteiger partial charge on any atom is -0.464 e. The lowest BCUT2D eigenvalue weighted by Crippen LogP contribution is -2.45. The molecule has 1 aromatic rings. The average molecular weight is 392 g/mol. The number of amides is 1. The van der Waals surface area contributed by atoms with Crippen LogP contribution in [0.2, 0.25) is 0 Å². The third-order valence-corrected chi connectivity index (χ3v) is 4.33. The van der Waals surface area contributed by atoms with Crippen LogP contribution in [0.4, 0.5) is 4.79 Å². The van der Waals surface area contributed by atoms with Crippen LogP contribution in [0, 0.1) is 11.8 Å². The number of nitrogens with zero attached hydrogens (tertiary/aromatic N) is 1. The summed E-state index contributed by atoms with van der Waals surface area (Å²) in [6.07, 6.45) is 1.03. The summed E-state index contributed by atoms with van der Waals surface area (Å²) in [4.78, 5) is 37.8. The third-order valence-electron chi connectivity index (χ3n) is 4.33. The van der Waals surface area contributed by atoms with Crippen LogP contribution in [-0.4, -0.2) is 42.6 Å². The second-order valence-corrected chi connectivity index (χ2v) is 7.83. The number of esters is 2. The van der Waals surface area contributed by atoms with Crippen molar-refractivity contribution in [1.29, 1.82) is 0 Å². The number of carbonyl (C=O) groups is 3. The predicted molar refractivity (Wildman–Crippen MR) is 108 cm³/mol. The van der Waals surface area contributed by atoms with Crippen LogP contribution in [0.25, 0.3) is 0 Å². The molecule has 6 heteroatoms. The number of rotatable bonds is 10. The van der Waals surface area contributed by atoms with Crippen molar-refractivity contribution in [2.24, 2.45) is 11.8 Å². The summed E-state index contributed by atoms with van der Waals surface area (Å²) in [6.45, 7) is 8.12. The summed E-state index contributed by atoms with van der Waals surface area (Å²) in [7, 11) is 1.46. The van der Waals surface area contributed by atoms with Gasteiger partial charge in [0.2, 0.25) is 0 Å². The lowest BCUT2D eigenvalue weighted by atomic mass is 10.0. The summed E-state index contributed by atoms with van der Waals surface area (Å²) < 4.78 is 10.3. The first-order valence-corrected chi connectivity index (χ1v) is 9.88. The maximum absolute atomic E-state index is 12.6. The molecule has 1 rings (SSSR count). The van der Waals surface area contributed by atoms with Gasteiger partial charge >= 0.3 is 18.0 Å². The summed E-state index contributed by atoms with van der Waals surface area (Å²) >= 11 is 0. The topological polar surface area (TPSA) is 72.9 Å². The van der Waals surface area contributed by atoms with E-state index in [9.17, 15) is 14.4 Å². The molecular formula is C22H33NO5. The van der Waals surface area contributed by atoms with E-state index in [1.165, 1.54) is 7.05 Å². The Kier molecular flexibility index (Phi) is 10.3. The highest BCUT2D eigenvalue weighted by molar-refractivity contribution is 5.87.